The average Bonchev–Trinajstić information content (AvgIpc) is 3.18. The van der Waals surface area contributed by atoms with Crippen molar-refractivity contribution < 1.29 is 29.3 Å². The fourth-order valence-corrected chi connectivity index (χ4v) is 7.66. The van der Waals surface area contributed by atoms with Gasteiger partial charge in [0.05, 0.1) is 24.4 Å². The van der Waals surface area contributed by atoms with E-state index in [0.717, 1.165) is 69.0 Å². The molecule has 1 rings (SSSR count). The van der Waals surface area contributed by atoms with Gasteiger partial charge in [0, 0.05) is 26.1 Å². The lowest BCUT2D eigenvalue weighted by Crippen LogP contribution is -2.39. The smallest absolute Gasteiger partial charge is 0.338 e. The summed E-state index contributed by atoms with van der Waals surface area (Å²) in [5.41, 5.74) is 2.07. The highest BCUT2D eigenvalue weighted by atomic mass is 16.5. The minimum Gasteiger partial charge on any atom is -0.462 e. The van der Waals surface area contributed by atoms with Gasteiger partial charge in [0.1, 0.15) is 5.75 Å². The number of benzene rings is 1. The Morgan fingerprint density at radius 2 is 1.12 bits per heavy atom. The molecule has 2 N–H and O–H groups in total. The molecule has 1 aromatic carbocycles. The third kappa shape index (κ3) is 27.4. The van der Waals surface area contributed by atoms with Gasteiger partial charge in [-0.1, -0.05) is 156 Å². The van der Waals surface area contributed by atoms with Crippen molar-refractivity contribution in [2.45, 2.75) is 220 Å². The predicted octanol–water partition coefficient (Wildman–Crippen LogP) is 11.9. The number of ether oxygens (including phenoxy) is 2. The van der Waals surface area contributed by atoms with Gasteiger partial charge in [0.25, 0.3) is 0 Å². The Labute approximate surface area is 351 Å². The van der Waals surface area contributed by atoms with Crippen LogP contribution >= 0.6 is 0 Å². The molecule has 1 aromatic rings. The first-order chi connectivity index (χ1) is 27.5. The molecule has 0 saturated heterocycles. The molecule has 0 heterocycles. The Kier molecular flexibility index (Phi) is 32.4. The molecule has 0 fully saturated rings. The maximum atomic E-state index is 13.3. The number of aliphatic hydroxyl groups is 2. The molecule has 3 atom stereocenters. The molecule has 0 aliphatic rings. The van der Waals surface area contributed by atoms with Gasteiger partial charge < -0.3 is 24.6 Å². The molecule has 0 bridgehead atoms. The Balaban J connectivity index is 2.73. The quantitative estimate of drug-likeness (QED) is 0.0387. The first-order valence-corrected chi connectivity index (χ1v) is 23.8. The Bertz CT molecular complexity index is 1110. The average molecular weight is 803 g/mol. The van der Waals surface area contributed by atoms with E-state index in [2.05, 4.69) is 37.5 Å². The number of rotatable bonds is 38. The second kappa shape index (κ2) is 34.8. The molecule has 0 aliphatic heterocycles. The van der Waals surface area contributed by atoms with Crippen molar-refractivity contribution in [3.63, 3.8) is 0 Å². The molecular weight excluding hydrogens is 713 g/mol. The van der Waals surface area contributed by atoms with Crippen LogP contribution in [0.15, 0.2) is 12.1 Å². The molecule has 0 spiro atoms. The molecule has 8 nitrogen and oxygen atoms in total. The zero-order valence-electron chi connectivity index (χ0n) is 38.2. The SMILES string of the molecule is CCCCCCCCCCCCC(O)CN(CCCC(=O)Oc1c(C)cc(C(=O)OCCCN(C)C)cc1C(C)CC)CC(O)CCCCCCCCCCCC. The third-order valence-electron chi connectivity index (χ3n) is 11.5. The van der Waals surface area contributed by atoms with Crippen LogP contribution in [0.1, 0.15) is 222 Å². The summed E-state index contributed by atoms with van der Waals surface area (Å²) < 4.78 is 11.6. The molecule has 0 aromatic heterocycles. The molecule has 0 radical (unpaired) electrons. The zero-order valence-corrected chi connectivity index (χ0v) is 38.2. The summed E-state index contributed by atoms with van der Waals surface area (Å²) in [6.45, 7) is 13.4. The summed E-state index contributed by atoms with van der Waals surface area (Å²) in [6.07, 6.45) is 28.4. The molecule has 0 amide bonds. The van der Waals surface area contributed by atoms with E-state index in [0.29, 0.717) is 44.0 Å². The van der Waals surface area contributed by atoms with Gasteiger partial charge in [0.2, 0.25) is 0 Å². The molecule has 3 unspecified atom stereocenters. The van der Waals surface area contributed by atoms with Gasteiger partial charge in [-0.3, -0.25) is 9.69 Å². The van der Waals surface area contributed by atoms with Gasteiger partial charge in [-0.15, -0.1) is 0 Å². The van der Waals surface area contributed by atoms with E-state index in [9.17, 15) is 19.8 Å². The first-order valence-electron chi connectivity index (χ1n) is 23.8. The fraction of sp³-hybridized carbons (Fsp3) is 0.837. The monoisotopic (exact) mass is 803 g/mol. The molecule has 0 aliphatic carbocycles. The lowest BCUT2D eigenvalue weighted by Gasteiger charge is -2.27. The second-order valence-electron chi connectivity index (χ2n) is 17.4. The maximum absolute atomic E-state index is 13.3. The van der Waals surface area contributed by atoms with Gasteiger partial charge in [-0.05, 0) is 88.8 Å². The maximum Gasteiger partial charge on any atom is 0.338 e. The number of hydrogen-bond donors (Lipinski definition) is 2. The number of nitrogens with zero attached hydrogens (tertiary/aromatic N) is 2. The van der Waals surface area contributed by atoms with Gasteiger partial charge >= 0.3 is 11.9 Å². The first kappa shape index (κ1) is 53.0. The van der Waals surface area contributed by atoms with Crippen molar-refractivity contribution in [2.24, 2.45) is 0 Å². The minimum absolute atomic E-state index is 0.0950. The Morgan fingerprint density at radius 3 is 1.58 bits per heavy atom. The molecule has 8 heteroatoms. The highest BCUT2D eigenvalue weighted by molar-refractivity contribution is 5.90. The van der Waals surface area contributed by atoms with Gasteiger partial charge in [-0.25, -0.2) is 4.79 Å². The van der Waals surface area contributed by atoms with E-state index in [4.69, 9.17) is 9.47 Å². The van der Waals surface area contributed by atoms with E-state index in [1.54, 1.807) is 6.07 Å². The third-order valence-corrected chi connectivity index (χ3v) is 11.5. The summed E-state index contributed by atoms with van der Waals surface area (Å²) in [6, 6.07) is 3.59. The second-order valence-corrected chi connectivity index (χ2v) is 17.4. The van der Waals surface area contributed by atoms with E-state index < -0.39 is 12.2 Å². The summed E-state index contributed by atoms with van der Waals surface area (Å²) in [5.74, 6) is -0.0322. The molecular formula is C49H90N2O6. The number of unbranched alkanes of at least 4 members (excludes halogenated alkanes) is 18. The van der Waals surface area contributed by atoms with E-state index in [-0.39, 0.29) is 24.3 Å². The molecule has 57 heavy (non-hydrogen) atoms. The fourth-order valence-electron chi connectivity index (χ4n) is 7.66. The van der Waals surface area contributed by atoms with Crippen LogP contribution in [-0.2, 0) is 9.53 Å². The van der Waals surface area contributed by atoms with E-state index >= 15 is 0 Å². The number of aliphatic hydroxyl groups excluding tert-OH is 2. The largest absolute Gasteiger partial charge is 0.462 e. The van der Waals surface area contributed by atoms with Crippen LogP contribution in [0.3, 0.4) is 0 Å². The zero-order chi connectivity index (χ0) is 42.1. The lowest BCUT2D eigenvalue weighted by molar-refractivity contribution is -0.134. The van der Waals surface area contributed by atoms with Crippen LogP contribution in [0.5, 0.6) is 5.75 Å². The van der Waals surface area contributed by atoms with Crippen LogP contribution in [-0.4, -0.2) is 91.0 Å². The van der Waals surface area contributed by atoms with Crippen molar-refractivity contribution in [1.29, 1.82) is 0 Å². The lowest BCUT2D eigenvalue weighted by atomic mass is 9.93. The van der Waals surface area contributed by atoms with Crippen molar-refractivity contribution >= 4 is 11.9 Å². The molecule has 332 valence electrons. The van der Waals surface area contributed by atoms with Gasteiger partial charge in [-0.2, -0.15) is 0 Å². The van der Waals surface area contributed by atoms with Crippen LogP contribution in [0.4, 0.5) is 0 Å². The van der Waals surface area contributed by atoms with E-state index in [1.165, 1.54) is 103 Å². The van der Waals surface area contributed by atoms with Crippen LogP contribution < -0.4 is 4.74 Å². The predicted molar refractivity (Wildman–Crippen MR) is 240 cm³/mol. The number of carbonyl (C=O) groups is 2. The summed E-state index contributed by atoms with van der Waals surface area (Å²) in [5, 5.41) is 22.1. The van der Waals surface area contributed by atoms with Crippen molar-refractivity contribution in [1.82, 2.24) is 9.80 Å². The van der Waals surface area contributed by atoms with Crippen LogP contribution in [0, 0.1) is 6.92 Å². The topological polar surface area (TPSA) is 99.5 Å². The summed E-state index contributed by atoms with van der Waals surface area (Å²) in [7, 11) is 3.99. The van der Waals surface area contributed by atoms with E-state index in [1.807, 2.05) is 27.1 Å². The minimum atomic E-state index is -0.450. The van der Waals surface area contributed by atoms with Crippen molar-refractivity contribution in [3.8, 4) is 5.75 Å². The van der Waals surface area contributed by atoms with Gasteiger partial charge in [0.15, 0.2) is 0 Å². The highest BCUT2D eigenvalue weighted by Gasteiger charge is 2.21. The van der Waals surface area contributed by atoms with Crippen LogP contribution in [0.25, 0.3) is 0 Å². The van der Waals surface area contributed by atoms with Crippen LogP contribution in [0.2, 0.25) is 0 Å². The summed E-state index contributed by atoms with van der Waals surface area (Å²) in [4.78, 5) is 30.4. The highest BCUT2D eigenvalue weighted by Crippen LogP contribution is 2.34. The number of esters is 2. The summed E-state index contributed by atoms with van der Waals surface area (Å²) >= 11 is 0. The number of hydrogen-bond acceptors (Lipinski definition) is 8. The Morgan fingerprint density at radius 1 is 0.649 bits per heavy atom. The van der Waals surface area contributed by atoms with Crippen molar-refractivity contribution in [2.75, 3.05) is 46.9 Å². The standard InChI is InChI=1S/C49H90N2O6/c1-8-11-13-15-17-19-21-23-25-27-31-44(52)39-51(40-45(53)32-28-26-24-22-20-18-16-14-12-9-2)35-29-33-47(54)57-48-42(5)37-43(38-46(48)41(4)10-3)49(55)56-36-30-34-50(6)7/h37-38,41,44-45,52-53H,8-36,39-40H2,1-7H3. The normalized spacial score (nSPS) is 13.3. The Hall–Kier alpha value is -2.00. The number of carbonyl (C=O) groups excluding carboxylic acids is 2. The molecule has 0 saturated carbocycles. The van der Waals surface area contributed by atoms with Crippen molar-refractivity contribution in [3.05, 3.63) is 28.8 Å². The number of aryl methyl sites for hydroxylation is 1.